The van der Waals surface area contributed by atoms with E-state index in [9.17, 15) is 4.39 Å². The van der Waals surface area contributed by atoms with Crippen LogP contribution < -0.4 is 11.3 Å². The highest BCUT2D eigenvalue weighted by atomic mass is 35.5. The van der Waals surface area contributed by atoms with Gasteiger partial charge in [-0.2, -0.15) is 0 Å². The lowest BCUT2D eigenvalue weighted by molar-refractivity contribution is 0.527. The Labute approximate surface area is 117 Å². The number of benzene rings is 2. The molecule has 2 nitrogen and oxygen atoms in total. The molecular formula is C15H16ClFN2. The average molecular weight is 279 g/mol. The van der Waals surface area contributed by atoms with E-state index in [0.29, 0.717) is 17.0 Å². The Morgan fingerprint density at radius 2 is 2.00 bits per heavy atom. The molecule has 1 atom stereocenters. The van der Waals surface area contributed by atoms with Crippen molar-refractivity contribution in [2.24, 2.45) is 5.84 Å². The third-order valence-electron chi connectivity index (χ3n) is 3.20. The van der Waals surface area contributed by atoms with Crippen LogP contribution in [0, 0.1) is 12.7 Å². The summed E-state index contributed by atoms with van der Waals surface area (Å²) >= 11 is 6.01. The summed E-state index contributed by atoms with van der Waals surface area (Å²) in [6, 6.07) is 12.2. The average Bonchev–Trinajstić information content (AvgIpc) is 2.41. The lowest BCUT2D eigenvalue weighted by atomic mass is 9.95. The van der Waals surface area contributed by atoms with E-state index in [4.69, 9.17) is 17.4 Å². The van der Waals surface area contributed by atoms with E-state index >= 15 is 0 Å². The van der Waals surface area contributed by atoms with Crippen LogP contribution >= 0.6 is 11.6 Å². The van der Waals surface area contributed by atoms with Crippen molar-refractivity contribution in [3.8, 4) is 0 Å². The Bertz CT molecular complexity index is 572. The number of hydrazine groups is 1. The van der Waals surface area contributed by atoms with Gasteiger partial charge in [-0.15, -0.1) is 0 Å². The molecule has 0 aliphatic rings. The molecule has 19 heavy (non-hydrogen) atoms. The molecule has 0 fully saturated rings. The molecule has 2 aromatic carbocycles. The van der Waals surface area contributed by atoms with Gasteiger partial charge in [-0.05, 0) is 48.2 Å². The molecule has 2 aromatic rings. The molecular weight excluding hydrogens is 263 g/mol. The normalized spacial score (nSPS) is 12.4. The SMILES string of the molecule is Cc1ccc(Cl)cc1C(Cc1ccccc1F)NN. The second-order valence-electron chi connectivity index (χ2n) is 4.52. The molecule has 100 valence electrons. The van der Waals surface area contributed by atoms with Crippen molar-refractivity contribution in [1.29, 1.82) is 0 Å². The van der Waals surface area contributed by atoms with Gasteiger partial charge < -0.3 is 0 Å². The number of nitrogens with two attached hydrogens (primary N) is 1. The topological polar surface area (TPSA) is 38.0 Å². The van der Waals surface area contributed by atoms with E-state index in [1.54, 1.807) is 12.1 Å². The molecule has 0 saturated carbocycles. The van der Waals surface area contributed by atoms with Crippen LogP contribution in [0.1, 0.15) is 22.7 Å². The van der Waals surface area contributed by atoms with Crippen LogP contribution in [-0.4, -0.2) is 0 Å². The summed E-state index contributed by atoms with van der Waals surface area (Å²) in [5.41, 5.74) is 5.42. The highest BCUT2D eigenvalue weighted by Crippen LogP contribution is 2.25. The van der Waals surface area contributed by atoms with E-state index in [1.807, 2.05) is 31.2 Å². The van der Waals surface area contributed by atoms with Crippen LogP contribution in [0.3, 0.4) is 0 Å². The van der Waals surface area contributed by atoms with Gasteiger partial charge in [-0.3, -0.25) is 11.3 Å². The van der Waals surface area contributed by atoms with Crippen LogP contribution in [0.5, 0.6) is 0 Å². The highest BCUT2D eigenvalue weighted by molar-refractivity contribution is 6.30. The van der Waals surface area contributed by atoms with E-state index in [0.717, 1.165) is 11.1 Å². The molecule has 3 N–H and O–H groups in total. The zero-order valence-corrected chi connectivity index (χ0v) is 11.4. The van der Waals surface area contributed by atoms with Gasteiger partial charge in [-0.25, -0.2) is 4.39 Å². The minimum atomic E-state index is -0.220. The van der Waals surface area contributed by atoms with Crippen molar-refractivity contribution in [3.05, 3.63) is 70.0 Å². The van der Waals surface area contributed by atoms with Crippen molar-refractivity contribution < 1.29 is 4.39 Å². The first-order chi connectivity index (χ1) is 9.11. The van der Waals surface area contributed by atoms with Crippen molar-refractivity contribution >= 4 is 11.6 Å². The molecule has 0 radical (unpaired) electrons. The van der Waals surface area contributed by atoms with Crippen LogP contribution in [0.25, 0.3) is 0 Å². The van der Waals surface area contributed by atoms with Crippen molar-refractivity contribution in [1.82, 2.24) is 5.43 Å². The first-order valence-electron chi connectivity index (χ1n) is 6.07. The van der Waals surface area contributed by atoms with Gasteiger partial charge in [-0.1, -0.05) is 35.9 Å². The van der Waals surface area contributed by atoms with E-state index in [-0.39, 0.29) is 11.9 Å². The molecule has 0 amide bonds. The standard InChI is InChI=1S/C15H16ClFN2/c1-10-6-7-12(16)9-13(10)15(19-18)8-11-4-2-3-5-14(11)17/h2-7,9,15,19H,8,18H2,1H3. The number of halogens is 2. The Kier molecular flexibility index (Phi) is 4.53. The van der Waals surface area contributed by atoms with Crippen molar-refractivity contribution in [2.45, 2.75) is 19.4 Å². The first kappa shape index (κ1) is 14.0. The molecule has 0 aromatic heterocycles. The molecule has 0 saturated heterocycles. The van der Waals surface area contributed by atoms with Gasteiger partial charge in [0, 0.05) is 5.02 Å². The maximum Gasteiger partial charge on any atom is 0.126 e. The molecule has 0 aliphatic carbocycles. The minimum absolute atomic E-state index is 0.171. The van der Waals surface area contributed by atoms with Crippen molar-refractivity contribution in [3.63, 3.8) is 0 Å². The predicted molar refractivity (Wildman–Crippen MR) is 76.4 cm³/mol. The highest BCUT2D eigenvalue weighted by Gasteiger charge is 2.15. The number of hydrogen-bond acceptors (Lipinski definition) is 2. The maximum atomic E-state index is 13.7. The van der Waals surface area contributed by atoms with Gasteiger partial charge in [0.05, 0.1) is 6.04 Å². The van der Waals surface area contributed by atoms with Crippen LogP contribution in [0.4, 0.5) is 4.39 Å². The smallest absolute Gasteiger partial charge is 0.126 e. The number of aryl methyl sites for hydroxylation is 1. The number of rotatable bonds is 4. The van der Waals surface area contributed by atoms with Gasteiger partial charge in [0.25, 0.3) is 0 Å². The quantitative estimate of drug-likeness (QED) is 0.663. The van der Waals surface area contributed by atoms with Crippen LogP contribution in [0.2, 0.25) is 5.02 Å². The fourth-order valence-corrected chi connectivity index (χ4v) is 2.31. The fourth-order valence-electron chi connectivity index (χ4n) is 2.13. The van der Waals surface area contributed by atoms with E-state index in [1.165, 1.54) is 6.07 Å². The summed E-state index contributed by atoms with van der Waals surface area (Å²) in [6.07, 6.45) is 0.477. The lowest BCUT2D eigenvalue weighted by Gasteiger charge is -2.19. The maximum absolute atomic E-state index is 13.7. The summed E-state index contributed by atoms with van der Waals surface area (Å²) in [4.78, 5) is 0. The molecule has 4 heteroatoms. The number of hydrogen-bond donors (Lipinski definition) is 2. The summed E-state index contributed by atoms with van der Waals surface area (Å²) < 4.78 is 13.7. The Hall–Kier alpha value is -1.42. The summed E-state index contributed by atoms with van der Waals surface area (Å²) in [7, 11) is 0. The Balaban J connectivity index is 2.30. The van der Waals surface area contributed by atoms with E-state index in [2.05, 4.69) is 5.43 Å². The summed E-state index contributed by atoms with van der Waals surface area (Å²) in [5, 5.41) is 0.648. The molecule has 0 aliphatic heterocycles. The zero-order chi connectivity index (χ0) is 13.8. The molecule has 0 spiro atoms. The third kappa shape index (κ3) is 3.32. The van der Waals surface area contributed by atoms with Crippen LogP contribution in [0.15, 0.2) is 42.5 Å². The van der Waals surface area contributed by atoms with Gasteiger partial charge in [0.1, 0.15) is 5.82 Å². The lowest BCUT2D eigenvalue weighted by Crippen LogP contribution is -2.30. The van der Waals surface area contributed by atoms with Gasteiger partial charge >= 0.3 is 0 Å². The summed E-state index contributed by atoms with van der Waals surface area (Å²) in [6.45, 7) is 1.98. The second-order valence-corrected chi connectivity index (χ2v) is 4.95. The zero-order valence-electron chi connectivity index (χ0n) is 10.7. The van der Waals surface area contributed by atoms with Crippen molar-refractivity contribution in [2.75, 3.05) is 0 Å². The molecule has 2 rings (SSSR count). The third-order valence-corrected chi connectivity index (χ3v) is 3.43. The summed E-state index contributed by atoms with van der Waals surface area (Å²) in [5.74, 6) is 5.39. The minimum Gasteiger partial charge on any atom is -0.271 e. The Morgan fingerprint density at radius 3 is 2.68 bits per heavy atom. The second kappa shape index (κ2) is 6.15. The molecule has 0 heterocycles. The molecule has 1 unspecified atom stereocenters. The largest absolute Gasteiger partial charge is 0.271 e. The molecule has 0 bridgehead atoms. The Morgan fingerprint density at radius 1 is 1.26 bits per heavy atom. The van der Waals surface area contributed by atoms with Gasteiger partial charge in [0.2, 0.25) is 0 Å². The predicted octanol–water partition coefficient (Wildman–Crippen LogP) is 3.53. The van der Waals surface area contributed by atoms with E-state index < -0.39 is 0 Å². The van der Waals surface area contributed by atoms with Crippen LogP contribution in [-0.2, 0) is 6.42 Å². The first-order valence-corrected chi connectivity index (χ1v) is 6.45. The monoisotopic (exact) mass is 278 g/mol. The fraction of sp³-hybridized carbons (Fsp3) is 0.200. The van der Waals surface area contributed by atoms with Gasteiger partial charge in [0.15, 0.2) is 0 Å². The number of nitrogens with one attached hydrogen (secondary N) is 1.